The third-order valence-corrected chi connectivity index (χ3v) is 1.96. The summed E-state index contributed by atoms with van der Waals surface area (Å²) in [6, 6.07) is 0. The van der Waals surface area contributed by atoms with Crippen LogP contribution in [0.3, 0.4) is 0 Å². The number of carbonyl (C=O) groups is 1. The van der Waals surface area contributed by atoms with E-state index < -0.39 is 0 Å². The van der Waals surface area contributed by atoms with E-state index in [2.05, 4.69) is 11.8 Å². The SMILES string of the molecule is CCN(CC)C(=O)C#CCCCCO. The van der Waals surface area contributed by atoms with Gasteiger partial charge in [-0.25, -0.2) is 0 Å². The molecule has 0 aliphatic rings. The second-order valence-electron chi connectivity index (χ2n) is 2.96. The van der Waals surface area contributed by atoms with E-state index in [1.165, 1.54) is 0 Å². The molecule has 0 heterocycles. The predicted molar refractivity (Wildman–Crippen MR) is 56.6 cm³/mol. The van der Waals surface area contributed by atoms with Crippen molar-refractivity contribution < 1.29 is 9.90 Å². The van der Waals surface area contributed by atoms with Crippen molar-refractivity contribution in [2.24, 2.45) is 0 Å². The number of aliphatic hydroxyl groups is 1. The molecule has 0 aliphatic heterocycles. The molecule has 0 rings (SSSR count). The molecule has 0 aromatic carbocycles. The zero-order valence-corrected chi connectivity index (χ0v) is 9.05. The average molecular weight is 197 g/mol. The Labute approximate surface area is 86.1 Å². The van der Waals surface area contributed by atoms with Gasteiger partial charge in [-0.05, 0) is 32.6 Å². The van der Waals surface area contributed by atoms with Gasteiger partial charge >= 0.3 is 0 Å². The van der Waals surface area contributed by atoms with Crippen molar-refractivity contribution >= 4 is 5.91 Å². The minimum atomic E-state index is -0.0981. The Kier molecular flexibility index (Phi) is 7.96. The van der Waals surface area contributed by atoms with Gasteiger partial charge in [0.25, 0.3) is 5.91 Å². The number of aliphatic hydroxyl groups excluding tert-OH is 1. The fourth-order valence-corrected chi connectivity index (χ4v) is 1.05. The topological polar surface area (TPSA) is 40.5 Å². The molecule has 0 unspecified atom stereocenters. The van der Waals surface area contributed by atoms with E-state index in [1.54, 1.807) is 4.90 Å². The van der Waals surface area contributed by atoms with Gasteiger partial charge in [0.2, 0.25) is 0 Å². The summed E-state index contributed by atoms with van der Waals surface area (Å²) in [5, 5.41) is 8.52. The molecule has 0 bridgehead atoms. The molecule has 0 radical (unpaired) electrons. The van der Waals surface area contributed by atoms with E-state index in [0.29, 0.717) is 19.5 Å². The van der Waals surface area contributed by atoms with Crippen molar-refractivity contribution in [1.29, 1.82) is 0 Å². The van der Waals surface area contributed by atoms with Crippen LogP contribution in [0.15, 0.2) is 0 Å². The van der Waals surface area contributed by atoms with Crippen molar-refractivity contribution in [3.05, 3.63) is 0 Å². The Balaban J connectivity index is 3.78. The zero-order valence-electron chi connectivity index (χ0n) is 9.05. The van der Waals surface area contributed by atoms with E-state index in [-0.39, 0.29) is 12.5 Å². The number of amides is 1. The van der Waals surface area contributed by atoms with Crippen molar-refractivity contribution in [2.45, 2.75) is 33.1 Å². The Hall–Kier alpha value is -1.01. The number of rotatable bonds is 5. The minimum Gasteiger partial charge on any atom is -0.396 e. The molecule has 0 atom stereocenters. The lowest BCUT2D eigenvalue weighted by atomic mass is 10.2. The Morgan fingerprint density at radius 3 is 2.43 bits per heavy atom. The number of hydrogen-bond acceptors (Lipinski definition) is 2. The molecule has 14 heavy (non-hydrogen) atoms. The highest BCUT2D eigenvalue weighted by molar-refractivity contribution is 5.93. The molecule has 0 fully saturated rings. The highest BCUT2D eigenvalue weighted by Gasteiger charge is 2.03. The van der Waals surface area contributed by atoms with Crippen molar-refractivity contribution in [3.63, 3.8) is 0 Å². The molecule has 0 aromatic rings. The molecule has 3 heteroatoms. The molecule has 1 N–H and O–H groups in total. The first kappa shape index (κ1) is 13.0. The van der Waals surface area contributed by atoms with E-state index in [0.717, 1.165) is 12.8 Å². The minimum absolute atomic E-state index is 0.0981. The van der Waals surface area contributed by atoms with Gasteiger partial charge in [-0.1, -0.05) is 5.92 Å². The summed E-state index contributed by atoms with van der Waals surface area (Å²) in [7, 11) is 0. The highest BCUT2D eigenvalue weighted by Crippen LogP contribution is 1.92. The molecular weight excluding hydrogens is 178 g/mol. The molecule has 0 spiro atoms. The van der Waals surface area contributed by atoms with Crippen LogP contribution in [0.5, 0.6) is 0 Å². The summed E-state index contributed by atoms with van der Waals surface area (Å²) in [5.74, 6) is 5.32. The van der Waals surface area contributed by atoms with Gasteiger partial charge in [-0.3, -0.25) is 4.79 Å². The lowest BCUT2D eigenvalue weighted by molar-refractivity contribution is -0.124. The third-order valence-electron chi connectivity index (χ3n) is 1.96. The van der Waals surface area contributed by atoms with Crippen LogP contribution in [0, 0.1) is 11.8 Å². The Morgan fingerprint density at radius 1 is 1.29 bits per heavy atom. The largest absolute Gasteiger partial charge is 0.396 e. The smallest absolute Gasteiger partial charge is 0.298 e. The molecule has 1 amide bonds. The van der Waals surface area contributed by atoms with Gasteiger partial charge < -0.3 is 10.0 Å². The number of hydrogen-bond donors (Lipinski definition) is 1. The summed E-state index contributed by atoms with van der Waals surface area (Å²) in [5.41, 5.74) is 0. The number of unbranched alkanes of at least 4 members (excludes halogenated alkanes) is 2. The molecule has 80 valence electrons. The first-order valence-corrected chi connectivity index (χ1v) is 5.14. The quantitative estimate of drug-likeness (QED) is 0.528. The van der Waals surface area contributed by atoms with Crippen LogP contribution < -0.4 is 0 Å². The lowest BCUT2D eigenvalue weighted by Crippen LogP contribution is -2.29. The van der Waals surface area contributed by atoms with E-state index >= 15 is 0 Å². The van der Waals surface area contributed by atoms with Gasteiger partial charge in [0.15, 0.2) is 0 Å². The van der Waals surface area contributed by atoms with Crippen LogP contribution in [0.1, 0.15) is 33.1 Å². The zero-order chi connectivity index (χ0) is 10.8. The summed E-state index contributed by atoms with van der Waals surface area (Å²) in [6.07, 6.45) is 2.30. The summed E-state index contributed by atoms with van der Waals surface area (Å²) in [6.45, 7) is 5.50. The average Bonchev–Trinajstić information content (AvgIpc) is 2.19. The standard InChI is InChI=1S/C11H19NO2/c1-3-12(4-2)11(14)9-7-5-6-8-10-13/h13H,3-6,8,10H2,1-2H3. The summed E-state index contributed by atoms with van der Waals surface area (Å²) >= 11 is 0. The maximum Gasteiger partial charge on any atom is 0.298 e. The van der Waals surface area contributed by atoms with Gasteiger partial charge in [-0.15, -0.1) is 0 Å². The van der Waals surface area contributed by atoms with Crippen LogP contribution in [-0.2, 0) is 4.79 Å². The van der Waals surface area contributed by atoms with Crippen molar-refractivity contribution in [2.75, 3.05) is 19.7 Å². The van der Waals surface area contributed by atoms with Crippen molar-refractivity contribution in [1.82, 2.24) is 4.90 Å². The van der Waals surface area contributed by atoms with Gasteiger partial charge in [0.1, 0.15) is 0 Å². The monoisotopic (exact) mass is 197 g/mol. The predicted octanol–water partition coefficient (Wildman–Crippen LogP) is 1.02. The van der Waals surface area contributed by atoms with E-state index in [9.17, 15) is 4.79 Å². The maximum absolute atomic E-state index is 11.3. The Bertz CT molecular complexity index is 211. The van der Waals surface area contributed by atoms with E-state index in [4.69, 9.17) is 5.11 Å². The molecule has 0 aliphatic carbocycles. The summed E-state index contributed by atoms with van der Waals surface area (Å²) in [4.78, 5) is 13.0. The molecular formula is C11H19NO2. The number of nitrogens with zero attached hydrogens (tertiary/aromatic N) is 1. The maximum atomic E-state index is 11.3. The van der Waals surface area contributed by atoms with Gasteiger partial charge in [-0.2, -0.15) is 0 Å². The third kappa shape index (κ3) is 5.60. The molecule has 0 saturated carbocycles. The molecule has 0 saturated heterocycles. The second kappa shape index (κ2) is 8.58. The van der Waals surface area contributed by atoms with Gasteiger partial charge in [0.05, 0.1) is 0 Å². The summed E-state index contributed by atoms with van der Waals surface area (Å²) < 4.78 is 0. The van der Waals surface area contributed by atoms with Crippen LogP contribution in [0.25, 0.3) is 0 Å². The first-order valence-electron chi connectivity index (χ1n) is 5.14. The first-order chi connectivity index (χ1) is 6.76. The fraction of sp³-hybridized carbons (Fsp3) is 0.727. The lowest BCUT2D eigenvalue weighted by Gasteiger charge is -2.14. The number of carbonyl (C=O) groups excluding carboxylic acids is 1. The van der Waals surface area contributed by atoms with Crippen LogP contribution in [0.4, 0.5) is 0 Å². The van der Waals surface area contributed by atoms with Crippen molar-refractivity contribution in [3.8, 4) is 11.8 Å². The molecule has 3 nitrogen and oxygen atoms in total. The Morgan fingerprint density at radius 2 is 1.93 bits per heavy atom. The fourth-order valence-electron chi connectivity index (χ4n) is 1.05. The highest BCUT2D eigenvalue weighted by atomic mass is 16.2. The van der Waals surface area contributed by atoms with Crippen LogP contribution in [-0.4, -0.2) is 35.6 Å². The van der Waals surface area contributed by atoms with Gasteiger partial charge in [0, 0.05) is 26.1 Å². The molecule has 0 aromatic heterocycles. The normalized spacial score (nSPS) is 9.07. The van der Waals surface area contributed by atoms with E-state index in [1.807, 2.05) is 13.8 Å². The van der Waals surface area contributed by atoms with Crippen LogP contribution >= 0.6 is 0 Å². The van der Waals surface area contributed by atoms with Crippen LogP contribution in [0.2, 0.25) is 0 Å². The second-order valence-corrected chi connectivity index (χ2v) is 2.96.